The summed E-state index contributed by atoms with van der Waals surface area (Å²) in [5.41, 5.74) is -1.07. The number of aromatic nitrogens is 4. The summed E-state index contributed by atoms with van der Waals surface area (Å²) < 4.78 is 60.0. The summed E-state index contributed by atoms with van der Waals surface area (Å²) >= 11 is 1.91. The van der Waals surface area contributed by atoms with Gasteiger partial charge in [-0.25, -0.2) is 22.0 Å². The first kappa shape index (κ1) is 19.7. The van der Waals surface area contributed by atoms with Crippen molar-refractivity contribution in [2.45, 2.75) is 25.0 Å². The average molecular weight is 544 g/mol. The molecular formula is C19H15F2IN4O3S. The molecule has 0 radical (unpaired) electrons. The molecule has 7 nitrogen and oxygen atoms in total. The normalized spacial score (nSPS) is 14.8. The number of imidazole rings is 1. The Bertz CT molecular complexity index is 1550. The molecule has 2 heterocycles. The van der Waals surface area contributed by atoms with Crippen LogP contribution in [0.4, 0.5) is 8.78 Å². The van der Waals surface area contributed by atoms with Gasteiger partial charge in [-0.1, -0.05) is 0 Å². The fourth-order valence-corrected chi connectivity index (χ4v) is 5.89. The van der Waals surface area contributed by atoms with Crippen LogP contribution in [-0.4, -0.2) is 32.0 Å². The lowest BCUT2D eigenvalue weighted by Gasteiger charge is -2.06. The lowest BCUT2D eigenvalue weighted by molar-refractivity contribution is 0.583. The molecule has 1 aliphatic rings. The largest absolute Gasteiger partial charge is 0.347 e. The molecule has 30 heavy (non-hydrogen) atoms. The smallest absolute Gasteiger partial charge is 0.272 e. The topological polar surface area (TPSA) is 78.9 Å². The minimum Gasteiger partial charge on any atom is -0.272 e. The minimum absolute atomic E-state index is 0.0110. The molecule has 0 amide bonds. The van der Waals surface area contributed by atoms with Crippen molar-refractivity contribution < 1.29 is 17.2 Å². The summed E-state index contributed by atoms with van der Waals surface area (Å²) in [7, 11) is -2.42. The van der Waals surface area contributed by atoms with Crippen LogP contribution in [-0.2, 0) is 17.1 Å². The second kappa shape index (κ2) is 6.36. The number of nitrogens with zero attached hydrogens (tertiary/aromatic N) is 4. The third-order valence-corrected chi connectivity index (χ3v) is 8.32. The SMILES string of the molecule is Cc1c2cc3c(c(F)c2nn1C)n(-c1ccc(I)cc1F)c(=O)n3S(=O)(=O)C1CC1. The van der Waals surface area contributed by atoms with Gasteiger partial charge in [0.25, 0.3) is 0 Å². The Hall–Kier alpha value is -2.28. The second-order valence-electron chi connectivity index (χ2n) is 7.39. The Morgan fingerprint density at radius 3 is 2.53 bits per heavy atom. The quantitative estimate of drug-likeness (QED) is 0.372. The molecule has 0 bridgehead atoms. The van der Waals surface area contributed by atoms with Gasteiger partial charge in [-0.05, 0) is 66.6 Å². The van der Waals surface area contributed by atoms with Crippen LogP contribution in [0, 0.1) is 22.1 Å². The molecule has 5 rings (SSSR count). The maximum Gasteiger partial charge on any atom is 0.347 e. The molecule has 1 aliphatic carbocycles. The number of fused-ring (bicyclic) bond motifs is 2. The molecule has 156 valence electrons. The van der Waals surface area contributed by atoms with Crippen molar-refractivity contribution in [1.29, 1.82) is 0 Å². The molecule has 1 fully saturated rings. The number of hydrogen-bond donors (Lipinski definition) is 0. The van der Waals surface area contributed by atoms with E-state index in [2.05, 4.69) is 5.10 Å². The number of aryl methyl sites for hydroxylation is 2. The highest BCUT2D eigenvalue weighted by Gasteiger charge is 2.40. The summed E-state index contributed by atoms with van der Waals surface area (Å²) in [6, 6.07) is 5.53. The number of benzene rings is 2. The maximum absolute atomic E-state index is 15.6. The number of halogens is 3. The van der Waals surface area contributed by atoms with Crippen LogP contribution in [0.15, 0.2) is 29.1 Å². The minimum atomic E-state index is -4.06. The molecule has 2 aromatic heterocycles. The predicted molar refractivity (Wildman–Crippen MR) is 117 cm³/mol. The Morgan fingerprint density at radius 1 is 1.20 bits per heavy atom. The molecule has 11 heteroatoms. The van der Waals surface area contributed by atoms with Crippen LogP contribution in [0.5, 0.6) is 0 Å². The Balaban J connectivity index is 2.02. The van der Waals surface area contributed by atoms with E-state index in [4.69, 9.17) is 0 Å². The summed E-state index contributed by atoms with van der Waals surface area (Å²) in [5.74, 6) is -1.63. The molecule has 0 aliphatic heterocycles. The predicted octanol–water partition coefficient (Wildman–Crippen LogP) is 3.21. The third-order valence-electron chi connectivity index (χ3n) is 5.48. The van der Waals surface area contributed by atoms with E-state index in [9.17, 15) is 17.6 Å². The van der Waals surface area contributed by atoms with E-state index in [1.807, 2.05) is 22.6 Å². The second-order valence-corrected chi connectivity index (χ2v) is 10.7. The molecule has 0 N–H and O–H groups in total. The molecule has 2 aromatic carbocycles. The summed E-state index contributed by atoms with van der Waals surface area (Å²) in [6.07, 6.45) is 0.853. The van der Waals surface area contributed by atoms with Crippen LogP contribution < -0.4 is 5.69 Å². The van der Waals surface area contributed by atoms with E-state index in [0.717, 1.165) is 4.57 Å². The van der Waals surface area contributed by atoms with Crippen LogP contribution >= 0.6 is 22.6 Å². The fourth-order valence-electron chi connectivity index (χ4n) is 3.69. The van der Waals surface area contributed by atoms with Crippen molar-refractivity contribution in [1.82, 2.24) is 18.3 Å². The standard InChI is InChI=1S/C19H15F2IN4O3S/c1-9-12-8-15-18(16(21)17(12)23-24(9)2)25(14-6-3-10(22)7-13(14)20)19(27)26(15)30(28,29)11-4-5-11/h3,6-8,11H,4-5H2,1-2H3. The van der Waals surface area contributed by atoms with Gasteiger partial charge in [0.1, 0.15) is 16.9 Å². The van der Waals surface area contributed by atoms with Crippen molar-refractivity contribution in [2.75, 3.05) is 0 Å². The van der Waals surface area contributed by atoms with Crippen LogP contribution in [0.3, 0.4) is 0 Å². The maximum atomic E-state index is 15.6. The first-order chi connectivity index (χ1) is 14.1. The highest BCUT2D eigenvalue weighted by molar-refractivity contribution is 14.1. The van der Waals surface area contributed by atoms with Crippen molar-refractivity contribution in [3.8, 4) is 5.69 Å². The Labute approximate surface area is 183 Å². The molecule has 0 saturated heterocycles. The monoisotopic (exact) mass is 544 g/mol. The van der Waals surface area contributed by atoms with Crippen molar-refractivity contribution in [3.63, 3.8) is 0 Å². The van der Waals surface area contributed by atoms with E-state index in [1.54, 1.807) is 20.0 Å². The molecule has 0 unspecified atom stereocenters. The Morgan fingerprint density at radius 2 is 1.90 bits per heavy atom. The van der Waals surface area contributed by atoms with E-state index in [0.29, 0.717) is 31.5 Å². The van der Waals surface area contributed by atoms with E-state index in [-0.39, 0.29) is 22.2 Å². The first-order valence-corrected chi connectivity index (χ1v) is 11.7. The van der Waals surface area contributed by atoms with Gasteiger partial charge in [0.2, 0.25) is 10.0 Å². The van der Waals surface area contributed by atoms with Gasteiger partial charge < -0.3 is 0 Å². The first-order valence-electron chi connectivity index (χ1n) is 9.12. The van der Waals surface area contributed by atoms with Crippen LogP contribution in [0.25, 0.3) is 27.6 Å². The average Bonchev–Trinajstić information content (AvgIpc) is 3.44. The van der Waals surface area contributed by atoms with Crippen molar-refractivity contribution in [3.05, 3.63) is 55.6 Å². The molecule has 0 atom stereocenters. The van der Waals surface area contributed by atoms with Gasteiger partial charge >= 0.3 is 5.69 Å². The zero-order valence-corrected chi connectivity index (χ0v) is 18.8. The van der Waals surface area contributed by atoms with E-state index in [1.165, 1.54) is 22.9 Å². The zero-order valence-electron chi connectivity index (χ0n) is 15.9. The highest BCUT2D eigenvalue weighted by atomic mass is 127. The molecular weight excluding hydrogens is 529 g/mol. The summed E-state index contributed by atoms with van der Waals surface area (Å²) in [5, 5.41) is 3.84. The summed E-state index contributed by atoms with van der Waals surface area (Å²) in [4.78, 5) is 13.3. The number of rotatable bonds is 3. The zero-order chi connectivity index (χ0) is 21.5. The van der Waals surface area contributed by atoms with Crippen LogP contribution in [0.1, 0.15) is 18.5 Å². The van der Waals surface area contributed by atoms with E-state index < -0.39 is 32.6 Å². The number of hydrogen-bond acceptors (Lipinski definition) is 4. The highest BCUT2D eigenvalue weighted by Crippen LogP contribution is 2.35. The summed E-state index contributed by atoms with van der Waals surface area (Å²) in [6.45, 7) is 1.72. The van der Waals surface area contributed by atoms with Gasteiger partial charge in [-0.15, -0.1) is 0 Å². The molecule has 4 aromatic rings. The van der Waals surface area contributed by atoms with Gasteiger partial charge in [0.15, 0.2) is 5.82 Å². The molecule has 0 spiro atoms. The van der Waals surface area contributed by atoms with Gasteiger partial charge in [0.05, 0.1) is 16.5 Å². The van der Waals surface area contributed by atoms with Gasteiger partial charge in [0, 0.05) is 21.7 Å². The lowest BCUT2D eigenvalue weighted by atomic mass is 10.1. The van der Waals surface area contributed by atoms with E-state index >= 15 is 4.39 Å². The lowest BCUT2D eigenvalue weighted by Crippen LogP contribution is -2.31. The Kier molecular flexibility index (Phi) is 4.17. The van der Waals surface area contributed by atoms with Crippen molar-refractivity contribution in [2.24, 2.45) is 7.05 Å². The van der Waals surface area contributed by atoms with Crippen LogP contribution in [0.2, 0.25) is 0 Å². The molecule has 1 saturated carbocycles. The van der Waals surface area contributed by atoms with Crippen molar-refractivity contribution >= 4 is 54.6 Å². The van der Waals surface area contributed by atoms with Gasteiger partial charge in [-0.2, -0.15) is 9.07 Å². The fraction of sp³-hybridized carbons (Fsp3) is 0.263. The third kappa shape index (κ3) is 2.60. The van der Waals surface area contributed by atoms with Gasteiger partial charge in [-0.3, -0.25) is 9.25 Å².